The maximum Gasteiger partial charge on any atom is 0.273 e. The van der Waals surface area contributed by atoms with E-state index in [9.17, 15) is 13.2 Å². The lowest BCUT2D eigenvalue weighted by Crippen LogP contribution is -2.25. The van der Waals surface area contributed by atoms with Gasteiger partial charge in [0.25, 0.3) is 15.9 Å². The molecular weight excluding hydrogens is 456 g/mol. The van der Waals surface area contributed by atoms with Crippen molar-refractivity contribution in [3.05, 3.63) is 96.4 Å². The summed E-state index contributed by atoms with van der Waals surface area (Å²) in [6, 6.07) is 27.2. The highest BCUT2D eigenvalue weighted by Crippen LogP contribution is 2.28. The summed E-state index contributed by atoms with van der Waals surface area (Å²) in [5.74, 6) is 0.173. The summed E-state index contributed by atoms with van der Waals surface area (Å²) in [6.45, 7) is -0.175. The van der Waals surface area contributed by atoms with Crippen LogP contribution in [0.3, 0.4) is 0 Å². The predicted octanol–water partition coefficient (Wildman–Crippen LogP) is 5.26. The average Bonchev–Trinajstić information content (AvgIpc) is 3.40. The third-order valence-electron chi connectivity index (χ3n) is 4.97. The molecule has 0 spiro atoms. The van der Waals surface area contributed by atoms with Crippen LogP contribution >= 0.6 is 11.3 Å². The van der Waals surface area contributed by atoms with E-state index in [0.717, 1.165) is 11.1 Å². The van der Waals surface area contributed by atoms with Crippen LogP contribution < -0.4 is 14.4 Å². The van der Waals surface area contributed by atoms with Gasteiger partial charge in [-0.3, -0.25) is 9.10 Å². The number of para-hydroxylation sites is 1. The lowest BCUT2D eigenvalue weighted by molar-refractivity contribution is -0.118. The van der Waals surface area contributed by atoms with Gasteiger partial charge in [-0.2, -0.15) is 0 Å². The van der Waals surface area contributed by atoms with Crippen LogP contribution in [0.1, 0.15) is 0 Å². The fraction of sp³-hybridized carbons (Fsp3) is 0.0800. The average molecular weight is 479 g/mol. The van der Waals surface area contributed by atoms with Crippen LogP contribution in [0.15, 0.2) is 101 Å². The van der Waals surface area contributed by atoms with Gasteiger partial charge in [-0.15, -0.1) is 11.3 Å². The number of rotatable bonds is 8. The molecule has 0 aliphatic rings. The second-order valence-electron chi connectivity index (χ2n) is 7.15. The van der Waals surface area contributed by atoms with Crippen molar-refractivity contribution >= 4 is 38.6 Å². The van der Waals surface area contributed by atoms with E-state index in [-0.39, 0.29) is 16.7 Å². The molecule has 0 aliphatic carbocycles. The van der Waals surface area contributed by atoms with Crippen LogP contribution in [-0.2, 0) is 14.8 Å². The van der Waals surface area contributed by atoms with E-state index in [1.165, 1.54) is 22.7 Å². The number of nitrogens with zero attached hydrogens (tertiary/aromatic N) is 1. The Kier molecular flexibility index (Phi) is 6.76. The number of anilines is 2. The summed E-state index contributed by atoms with van der Waals surface area (Å²) in [7, 11) is -2.10. The van der Waals surface area contributed by atoms with Gasteiger partial charge in [-0.1, -0.05) is 54.6 Å². The number of amides is 1. The minimum atomic E-state index is -3.60. The fourth-order valence-corrected chi connectivity index (χ4v) is 5.59. The van der Waals surface area contributed by atoms with Gasteiger partial charge in [-0.25, -0.2) is 8.42 Å². The molecule has 33 heavy (non-hydrogen) atoms. The van der Waals surface area contributed by atoms with Gasteiger partial charge in [0.1, 0.15) is 9.96 Å². The van der Waals surface area contributed by atoms with Gasteiger partial charge in [0.15, 0.2) is 6.61 Å². The van der Waals surface area contributed by atoms with Crippen molar-refractivity contribution in [2.24, 2.45) is 0 Å². The zero-order valence-electron chi connectivity index (χ0n) is 17.8. The van der Waals surface area contributed by atoms with Gasteiger partial charge >= 0.3 is 0 Å². The number of carbonyl (C=O) groups is 1. The van der Waals surface area contributed by atoms with Crippen molar-refractivity contribution in [1.82, 2.24) is 0 Å². The summed E-state index contributed by atoms with van der Waals surface area (Å²) in [5, 5.41) is 4.62. The van der Waals surface area contributed by atoms with Crippen molar-refractivity contribution in [3.63, 3.8) is 0 Å². The zero-order chi connectivity index (χ0) is 23.3. The first-order valence-corrected chi connectivity index (χ1v) is 12.5. The highest BCUT2D eigenvalue weighted by Gasteiger charge is 2.22. The molecule has 6 nitrogen and oxygen atoms in total. The number of hydrogen-bond acceptors (Lipinski definition) is 5. The molecule has 0 unspecified atom stereocenters. The number of hydrogen-bond donors (Lipinski definition) is 1. The lowest BCUT2D eigenvalue weighted by atomic mass is 10.0. The highest BCUT2D eigenvalue weighted by atomic mass is 32.2. The predicted molar refractivity (Wildman–Crippen MR) is 132 cm³/mol. The lowest BCUT2D eigenvalue weighted by Gasteiger charge is -2.18. The molecule has 0 fully saturated rings. The molecule has 4 aromatic rings. The van der Waals surface area contributed by atoms with Crippen LogP contribution in [0.4, 0.5) is 11.4 Å². The van der Waals surface area contributed by atoms with E-state index >= 15 is 0 Å². The first-order chi connectivity index (χ1) is 15.9. The van der Waals surface area contributed by atoms with Crippen molar-refractivity contribution in [2.45, 2.75) is 4.21 Å². The summed E-state index contributed by atoms with van der Waals surface area (Å²) in [4.78, 5) is 12.5. The van der Waals surface area contributed by atoms with Crippen LogP contribution in [-0.4, -0.2) is 28.0 Å². The molecule has 0 bridgehead atoms. The molecule has 3 aromatic carbocycles. The minimum Gasteiger partial charge on any atom is -0.484 e. The van der Waals surface area contributed by atoms with E-state index in [1.54, 1.807) is 41.8 Å². The molecule has 1 amide bonds. The molecule has 8 heteroatoms. The van der Waals surface area contributed by atoms with Crippen molar-refractivity contribution in [1.29, 1.82) is 0 Å². The Morgan fingerprint density at radius 3 is 2.30 bits per heavy atom. The summed E-state index contributed by atoms with van der Waals surface area (Å²) in [6.07, 6.45) is 0. The topological polar surface area (TPSA) is 75.7 Å². The molecule has 0 radical (unpaired) electrons. The molecule has 1 heterocycles. The summed E-state index contributed by atoms with van der Waals surface area (Å²) >= 11 is 1.17. The molecular formula is C25H22N2O4S2. The Bertz CT molecular complexity index is 1320. The molecule has 1 aromatic heterocycles. The SMILES string of the molecule is CN(c1ccc(OCC(=O)Nc2ccccc2-c2ccccc2)cc1)S(=O)(=O)c1cccs1. The van der Waals surface area contributed by atoms with E-state index in [0.29, 0.717) is 17.1 Å². The van der Waals surface area contributed by atoms with Gasteiger partial charge in [0.05, 0.1) is 5.69 Å². The first kappa shape index (κ1) is 22.6. The molecule has 0 atom stereocenters. The molecule has 0 saturated heterocycles. The van der Waals surface area contributed by atoms with Crippen LogP contribution in [0.2, 0.25) is 0 Å². The Balaban J connectivity index is 1.38. The van der Waals surface area contributed by atoms with E-state index < -0.39 is 10.0 Å². The fourth-order valence-electron chi connectivity index (χ4n) is 3.23. The number of thiophene rings is 1. The molecule has 0 aliphatic heterocycles. The van der Waals surface area contributed by atoms with Crippen LogP contribution in [0.25, 0.3) is 11.1 Å². The Hall–Kier alpha value is -3.62. The monoisotopic (exact) mass is 478 g/mol. The number of ether oxygens (including phenoxy) is 1. The van der Waals surface area contributed by atoms with E-state index in [1.807, 2.05) is 54.6 Å². The second kappa shape index (κ2) is 9.89. The molecule has 168 valence electrons. The third kappa shape index (κ3) is 5.24. The third-order valence-corrected chi connectivity index (χ3v) is 8.12. The largest absolute Gasteiger partial charge is 0.484 e. The smallest absolute Gasteiger partial charge is 0.273 e. The van der Waals surface area contributed by atoms with Gasteiger partial charge < -0.3 is 10.1 Å². The Morgan fingerprint density at radius 2 is 1.61 bits per heavy atom. The van der Waals surface area contributed by atoms with Crippen molar-refractivity contribution in [2.75, 3.05) is 23.3 Å². The van der Waals surface area contributed by atoms with Gasteiger partial charge in [-0.05, 0) is 47.3 Å². The van der Waals surface area contributed by atoms with E-state index in [4.69, 9.17) is 4.74 Å². The maximum atomic E-state index is 12.6. The number of benzene rings is 3. The van der Waals surface area contributed by atoms with E-state index in [2.05, 4.69) is 5.32 Å². The van der Waals surface area contributed by atoms with Crippen LogP contribution in [0, 0.1) is 0 Å². The molecule has 1 N–H and O–H groups in total. The number of carbonyl (C=O) groups excluding carboxylic acids is 1. The van der Waals surface area contributed by atoms with Crippen molar-refractivity contribution < 1.29 is 17.9 Å². The molecule has 4 rings (SSSR count). The van der Waals surface area contributed by atoms with Crippen LogP contribution in [0.5, 0.6) is 5.75 Å². The molecule has 0 saturated carbocycles. The number of sulfonamides is 1. The van der Waals surface area contributed by atoms with Gasteiger partial charge in [0.2, 0.25) is 0 Å². The standard InChI is InChI=1S/C25H22N2O4S2/c1-27(33(29,30)25-12-7-17-32-25)20-13-15-21(16-14-20)31-18-24(28)26-23-11-6-5-10-22(23)19-8-3-2-4-9-19/h2-17H,18H2,1H3,(H,26,28). The first-order valence-electron chi connectivity index (χ1n) is 10.1. The summed E-state index contributed by atoms with van der Waals surface area (Å²) < 4.78 is 32.4. The maximum absolute atomic E-state index is 12.6. The minimum absolute atomic E-state index is 0.175. The summed E-state index contributed by atoms with van der Waals surface area (Å²) in [5.41, 5.74) is 3.13. The highest BCUT2D eigenvalue weighted by molar-refractivity contribution is 7.94. The second-order valence-corrected chi connectivity index (χ2v) is 10.3. The Morgan fingerprint density at radius 1 is 0.909 bits per heavy atom. The van der Waals surface area contributed by atoms with Crippen molar-refractivity contribution in [3.8, 4) is 16.9 Å². The quantitative estimate of drug-likeness (QED) is 0.375. The Labute approximate surface area is 197 Å². The number of nitrogens with one attached hydrogen (secondary N) is 1. The zero-order valence-corrected chi connectivity index (χ0v) is 19.5. The van der Waals surface area contributed by atoms with Gasteiger partial charge in [0, 0.05) is 18.3 Å². The normalized spacial score (nSPS) is 11.1.